The molecule has 0 bridgehead atoms. The van der Waals surface area contributed by atoms with Crippen LogP contribution in [0.3, 0.4) is 0 Å². The molecule has 158 valence electrons. The van der Waals surface area contributed by atoms with Crippen molar-refractivity contribution in [1.29, 1.82) is 0 Å². The number of nitrogens with zero attached hydrogens (tertiary/aromatic N) is 3. The van der Waals surface area contributed by atoms with Gasteiger partial charge in [-0.3, -0.25) is 14.4 Å². The zero-order valence-electron chi connectivity index (χ0n) is 17.1. The molecule has 2 heterocycles. The number of carbonyl (C=O) groups is 2. The van der Waals surface area contributed by atoms with Crippen LogP contribution in [0.1, 0.15) is 37.2 Å². The number of hydrogen-bond acceptors (Lipinski definition) is 8. The Morgan fingerprint density at radius 3 is 2.57 bits per heavy atom. The van der Waals surface area contributed by atoms with Crippen LogP contribution in [-0.2, 0) is 38.4 Å². The average Bonchev–Trinajstić information content (AvgIpc) is 3.11. The third-order valence-electron chi connectivity index (χ3n) is 4.14. The second-order valence-corrected chi connectivity index (χ2v) is 7.83. The Balaban J connectivity index is 1.87. The summed E-state index contributed by atoms with van der Waals surface area (Å²) in [5.41, 5.74) is 0.788. The normalized spacial score (nSPS) is 11.1. The molecule has 1 aromatic carbocycles. The molecule has 0 N–H and O–H groups in total. The van der Waals surface area contributed by atoms with Crippen molar-refractivity contribution in [2.24, 2.45) is 0 Å². The molecule has 8 nitrogen and oxygen atoms in total. The number of ether oxygens (including phenoxy) is 2. The van der Waals surface area contributed by atoms with Crippen LogP contribution in [0.2, 0.25) is 0 Å². The van der Waals surface area contributed by atoms with Gasteiger partial charge < -0.3 is 9.47 Å². The Bertz CT molecular complexity index is 1120. The Morgan fingerprint density at radius 1 is 1.13 bits per heavy atom. The van der Waals surface area contributed by atoms with E-state index in [9.17, 15) is 14.4 Å². The van der Waals surface area contributed by atoms with E-state index >= 15 is 0 Å². The van der Waals surface area contributed by atoms with Crippen molar-refractivity contribution < 1.29 is 19.1 Å². The number of rotatable bonds is 8. The fourth-order valence-corrected chi connectivity index (χ4v) is 3.75. The van der Waals surface area contributed by atoms with E-state index in [1.165, 1.54) is 16.0 Å². The lowest BCUT2D eigenvalue weighted by Crippen LogP contribution is -2.26. The van der Waals surface area contributed by atoms with Crippen LogP contribution < -0.4 is 5.56 Å². The summed E-state index contributed by atoms with van der Waals surface area (Å²) in [4.78, 5) is 41.1. The van der Waals surface area contributed by atoms with Crippen LogP contribution in [0, 0.1) is 0 Å². The quantitative estimate of drug-likeness (QED) is 0.507. The summed E-state index contributed by atoms with van der Waals surface area (Å²) in [6.07, 6.45) is -0.143. The Labute approximate surface area is 177 Å². The Hall–Kier alpha value is -3.07. The fourth-order valence-electron chi connectivity index (χ4n) is 2.98. The first-order valence-electron chi connectivity index (χ1n) is 9.64. The first kappa shape index (κ1) is 21.6. The number of thiazole rings is 1. The predicted molar refractivity (Wildman–Crippen MR) is 112 cm³/mol. The van der Waals surface area contributed by atoms with Gasteiger partial charge in [-0.25, -0.2) is 9.67 Å². The average molecular weight is 429 g/mol. The van der Waals surface area contributed by atoms with E-state index in [0.29, 0.717) is 27.2 Å². The van der Waals surface area contributed by atoms with Crippen molar-refractivity contribution in [1.82, 2.24) is 14.8 Å². The summed E-state index contributed by atoms with van der Waals surface area (Å²) in [6, 6.07) is 7.04. The van der Waals surface area contributed by atoms with E-state index < -0.39 is 5.97 Å². The number of esters is 2. The molecule has 0 fully saturated rings. The summed E-state index contributed by atoms with van der Waals surface area (Å²) >= 11 is 1.34. The van der Waals surface area contributed by atoms with Gasteiger partial charge in [0, 0.05) is 10.8 Å². The SMILES string of the molecule is CCOC(=O)Cc1nn(Cc2nc(CC(=O)OC(C)C)cs2)c(=O)c2ccccc12. The fraction of sp³-hybridized carbons (Fsp3) is 0.381. The number of fused-ring (bicyclic) bond motifs is 1. The first-order chi connectivity index (χ1) is 14.4. The summed E-state index contributed by atoms with van der Waals surface area (Å²) in [7, 11) is 0. The standard InChI is InChI=1S/C21H23N3O5S/c1-4-28-19(25)10-17-15-7-5-6-8-16(15)21(27)24(23-17)11-18-22-14(12-30-18)9-20(26)29-13(2)3/h5-8,12-13H,4,9-11H2,1-3H3. The molecule has 3 aromatic rings. The van der Waals surface area contributed by atoms with Gasteiger partial charge in [0.05, 0.1) is 48.9 Å². The minimum atomic E-state index is -0.402. The van der Waals surface area contributed by atoms with E-state index in [-0.39, 0.29) is 43.6 Å². The van der Waals surface area contributed by atoms with Gasteiger partial charge in [0.1, 0.15) is 5.01 Å². The molecule has 2 aromatic heterocycles. The molecule has 0 unspecified atom stereocenters. The van der Waals surface area contributed by atoms with Gasteiger partial charge in [0.15, 0.2) is 0 Å². The van der Waals surface area contributed by atoms with Crippen molar-refractivity contribution in [3.63, 3.8) is 0 Å². The molecular weight excluding hydrogens is 406 g/mol. The highest BCUT2D eigenvalue weighted by molar-refractivity contribution is 7.09. The molecule has 0 radical (unpaired) electrons. The zero-order chi connectivity index (χ0) is 21.7. The number of benzene rings is 1. The van der Waals surface area contributed by atoms with Gasteiger partial charge in [0.25, 0.3) is 5.56 Å². The van der Waals surface area contributed by atoms with Crippen LogP contribution in [-0.4, -0.2) is 39.4 Å². The molecule has 0 saturated carbocycles. The second-order valence-electron chi connectivity index (χ2n) is 6.88. The zero-order valence-corrected chi connectivity index (χ0v) is 17.9. The smallest absolute Gasteiger partial charge is 0.312 e. The minimum Gasteiger partial charge on any atom is -0.466 e. The summed E-state index contributed by atoms with van der Waals surface area (Å²) in [5, 5.41) is 7.91. The molecule has 30 heavy (non-hydrogen) atoms. The number of carbonyl (C=O) groups excluding carboxylic acids is 2. The molecule has 0 aliphatic heterocycles. The van der Waals surface area contributed by atoms with Gasteiger partial charge in [-0.15, -0.1) is 11.3 Å². The summed E-state index contributed by atoms with van der Waals surface area (Å²) in [6.45, 7) is 5.73. The van der Waals surface area contributed by atoms with E-state index in [4.69, 9.17) is 9.47 Å². The van der Waals surface area contributed by atoms with Gasteiger partial charge in [-0.05, 0) is 26.8 Å². The van der Waals surface area contributed by atoms with E-state index in [1.54, 1.807) is 50.4 Å². The van der Waals surface area contributed by atoms with Crippen LogP contribution in [0.25, 0.3) is 10.8 Å². The lowest BCUT2D eigenvalue weighted by molar-refractivity contribution is -0.146. The summed E-state index contributed by atoms with van der Waals surface area (Å²) < 4.78 is 11.5. The number of hydrogen-bond donors (Lipinski definition) is 0. The second kappa shape index (κ2) is 9.62. The van der Waals surface area contributed by atoms with E-state index in [2.05, 4.69) is 10.1 Å². The van der Waals surface area contributed by atoms with Crippen LogP contribution >= 0.6 is 11.3 Å². The molecular formula is C21H23N3O5S. The van der Waals surface area contributed by atoms with Crippen molar-refractivity contribution in [2.45, 2.75) is 46.3 Å². The van der Waals surface area contributed by atoms with Crippen molar-refractivity contribution in [2.75, 3.05) is 6.61 Å². The topological polar surface area (TPSA) is 100 Å². The first-order valence-corrected chi connectivity index (χ1v) is 10.5. The predicted octanol–water partition coefficient (Wildman–Crippen LogP) is 2.50. The van der Waals surface area contributed by atoms with Gasteiger partial charge in [-0.1, -0.05) is 18.2 Å². The summed E-state index contributed by atoms with van der Waals surface area (Å²) in [5.74, 6) is -0.750. The van der Waals surface area contributed by atoms with Crippen molar-refractivity contribution in [3.8, 4) is 0 Å². The van der Waals surface area contributed by atoms with Crippen LogP contribution in [0.4, 0.5) is 0 Å². The molecule has 0 atom stereocenters. The molecule has 0 aliphatic carbocycles. The van der Waals surface area contributed by atoms with E-state index in [1.807, 2.05) is 0 Å². The van der Waals surface area contributed by atoms with E-state index in [0.717, 1.165) is 0 Å². The lowest BCUT2D eigenvalue weighted by Gasteiger charge is -2.10. The van der Waals surface area contributed by atoms with Crippen molar-refractivity contribution >= 4 is 34.0 Å². The molecule has 0 amide bonds. The molecule has 0 saturated heterocycles. The van der Waals surface area contributed by atoms with Gasteiger partial charge >= 0.3 is 11.9 Å². The van der Waals surface area contributed by atoms with Crippen LogP contribution in [0.5, 0.6) is 0 Å². The highest BCUT2D eigenvalue weighted by atomic mass is 32.1. The third kappa shape index (κ3) is 5.29. The number of aromatic nitrogens is 3. The molecule has 0 spiro atoms. The highest BCUT2D eigenvalue weighted by Crippen LogP contribution is 2.16. The molecule has 3 rings (SSSR count). The Morgan fingerprint density at radius 2 is 1.87 bits per heavy atom. The molecule has 0 aliphatic rings. The van der Waals surface area contributed by atoms with Crippen LogP contribution in [0.15, 0.2) is 34.4 Å². The maximum atomic E-state index is 12.9. The molecule has 9 heteroatoms. The Kier molecular flexibility index (Phi) is 6.94. The van der Waals surface area contributed by atoms with Gasteiger partial charge in [-0.2, -0.15) is 5.10 Å². The van der Waals surface area contributed by atoms with Gasteiger partial charge in [0.2, 0.25) is 0 Å². The van der Waals surface area contributed by atoms with Crippen molar-refractivity contribution in [3.05, 3.63) is 56.4 Å². The highest BCUT2D eigenvalue weighted by Gasteiger charge is 2.16. The minimum absolute atomic E-state index is 0.0290. The lowest BCUT2D eigenvalue weighted by atomic mass is 10.1. The third-order valence-corrected chi connectivity index (χ3v) is 5.02. The maximum Gasteiger partial charge on any atom is 0.312 e. The largest absolute Gasteiger partial charge is 0.466 e. The monoisotopic (exact) mass is 429 g/mol. The maximum absolute atomic E-state index is 12.9.